The second-order valence-corrected chi connectivity index (χ2v) is 6.78. The average molecular weight is 380 g/mol. The molecular weight excluding hydrogens is 360 g/mol. The molecule has 0 saturated heterocycles. The number of rotatable bonds is 7. The molecule has 0 saturated carbocycles. The number of hydrogen-bond acceptors (Lipinski definition) is 4. The average Bonchev–Trinajstić information content (AvgIpc) is 3.23. The molecule has 0 aliphatic carbocycles. The molecule has 0 unspecified atom stereocenters. The van der Waals surface area contributed by atoms with Crippen molar-refractivity contribution >= 4 is 28.8 Å². The second-order valence-electron chi connectivity index (χ2n) is 5.83. The molecular formula is C21H20N2O3S. The number of thiophene rings is 1. The summed E-state index contributed by atoms with van der Waals surface area (Å²) >= 11 is 1.37. The zero-order chi connectivity index (χ0) is 19.1. The van der Waals surface area contributed by atoms with E-state index in [4.69, 9.17) is 4.74 Å². The SMILES string of the molecule is COc1ccccc1CCNC(=O)c1cccc(NC(=O)c2cccs2)c1. The van der Waals surface area contributed by atoms with Crippen LogP contribution in [-0.2, 0) is 6.42 Å². The minimum absolute atomic E-state index is 0.182. The van der Waals surface area contributed by atoms with E-state index in [-0.39, 0.29) is 11.8 Å². The lowest BCUT2D eigenvalue weighted by atomic mass is 10.1. The smallest absolute Gasteiger partial charge is 0.265 e. The Morgan fingerprint density at radius 3 is 2.63 bits per heavy atom. The van der Waals surface area contributed by atoms with E-state index >= 15 is 0 Å². The van der Waals surface area contributed by atoms with Gasteiger partial charge in [0.25, 0.3) is 11.8 Å². The number of carbonyl (C=O) groups is 2. The van der Waals surface area contributed by atoms with Crippen molar-refractivity contribution in [2.75, 3.05) is 19.0 Å². The number of para-hydroxylation sites is 1. The van der Waals surface area contributed by atoms with Gasteiger partial charge in [0.15, 0.2) is 0 Å². The molecule has 1 heterocycles. The lowest BCUT2D eigenvalue weighted by Gasteiger charge is -2.10. The van der Waals surface area contributed by atoms with Crippen LogP contribution in [0.1, 0.15) is 25.6 Å². The third-order valence-electron chi connectivity index (χ3n) is 4.00. The van der Waals surface area contributed by atoms with Crippen LogP contribution in [0.3, 0.4) is 0 Å². The molecule has 0 spiro atoms. The van der Waals surface area contributed by atoms with Gasteiger partial charge in [0, 0.05) is 17.8 Å². The Labute approximate surface area is 162 Å². The van der Waals surface area contributed by atoms with Gasteiger partial charge in [0.1, 0.15) is 5.75 Å². The molecule has 2 amide bonds. The molecule has 138 valence electrons. The summed E-state index contributed by atoms with van der Waals surface area (Å²) in [4.78, 5) is 25.2. The molecule has 0 atom stereocenters. The number of nitrogens with one attached hydrogen (secondary N) is 2. The maximum atomic E-state index is 12.4. The van der Waals surface area contributed by atoms with Crippen molar-refractivity contribution in [3.8, 4) is 5.75 Å². The Kier molecular flexibility index (Phi) is 6.22. The maximum absolute atomic E-state index is 12.4. The summed E-state index contributed by atoms with van der Waals surface area (Å²) in [5.41, 5.74) is 2.13. The van der Waals surface area contributed by atoms with E-state index in [0.717, 1.165) is 11.3 Å². The van der Waals surface area contributed by atoms with Gasteiger partial charge in [-0.3, -0.25) is 9.59 Å². The van der Waals surface area contributed by atoms with Crippen molar-refractivity contribution in [3.63, 3.8) is 0 Å². The Bertz CT molecular complexity index is 923. The number of hydrogen-bond donors (Lipinski definition) is 2. The zero-order valence-corrected chi connectivity index (χ0v) is 15.7. The van der Waals surface area contributed by atoms with E-state index in [0.29, 0.717) is 29.1 Å². The van der Waals surface area contributed by atoms with E-state index < -0.39 is 0 Å². The first-order valence-electron chi connectivity index (χ1n) is 8.52. The van der Waals surface area contributed by atoms with Gasteiger partial charge in [-0.25, -0.2) is 0 Å². The molecule has 1 aromatic heterocycles. The normalized spacial score (nSPS) is 10.3. The summed E-state index contributed by atoms with van der Waals surface area (Å²) in [6, 6.07) is 18.2. The summed E-state index contributed by atoms with van der Waals surface area (Å²) in [6.07, 6.45) is 0.671. The summed E-state index contributed by atoms with van der Waals surface area (Å²) in [7, 11) is 1.63. The predicted octanol–water partition coefficient (Wildman–Crippen LogP) is 3.98. The summed E-state index contributed by atoms with van der Waals surface area (Å²) in [5.74, 6) is 0.445. The Morgan fingerprint density at radius 1 is 1.00 bits per heavy atom. The fourth-order valence-electron chi connectivity index (χ4n) is 2.66. The Hall–Kier alpha value is -3.12. The predicted molar refractivity (Wildman–Crippen MR) is 108 cm³/mol. The standard InChI is InChI=1S/C21H20N2O3S/c1-26-18-9-3-2-6-15(18)11-12-22-20(24)16-7-4-8-17(14-16)23-21(25)19-10-5-13-27-19/h2-10,13-14H,11-12H2,1H3,(H,22,24)(H,23,25). The van der Waals surface area contributed by atoms with Gasteiger partial charge in [-0.2, -0.15) is 0 Å². The quantitative estimate of drug-likeness (QED) is 0.651. The first kappa shape index (κ1) is 18.7. The van der Waals surface area contributed by atoms with E-state index in [1.54, 1.807) is 37.4 Å². The molecule has 27 heavy (non-hydrogen) atoms. The minimum atomic E-state index is -0.183. The maximum Gasteiger partial charge on any atom is 0.265 e. The molecule has 6 heteroatoms. The van der Waals surface area contributed by atoms with Gasteiger partial charge < -0.3 is 15.4 Å². The summed E-state index contributed by atoms with van der Waals surface area (Å²) < 4.78 is 5.32. The topological polar surface area (TPSA) is 67.4 Å². The Morgan fingerprint density at radius 2 is 1.85 bits per heavy atom. The van der Waals surface area contributed by atoms with Crippen molar-refractivity contribution in [2.45, 2.75) is 6.42 Å². The number of ether oxygens (including phenoxy) is 1. The largest absolute Gasteiger partial charge is 0.496 e. The van der Waals surface area contributed by atoms with Gasteiger partial charge in [0.05, 0.1) is 12.0 Å². The van der Waals surface area contributed by atoms with Crippen LogP contribution >= 0.6 is 11.3 Å². The van der Waals surface area contributed by atoms with Crippen LogP contribution in [0.4, 0.5) is 5.69 Å². The van der Waals surface area contributed by atoms with E-state index in [9.17, 15) is 9.59 Å². The molecule has 0 aliphatic heterocycles. The van der Waals surface area contributed by atoms with Gasteiger partial charge in [-0.15, -0.1) is 11.3 Å². The van der Waals surface area contributed by atoms with Crippen LogP contribution < -0.4 is 15.4 Å². The second kappa shape index (κ2) is 9.00. The molecule has 0 fully saturated rings. The molecule has 0 radical (unpaired) electrons. The highest BCUT2D eigenvalue weighted by Gasteiger charge is 2.10. The Balaban J connectivity index is 1.58. The highest BCUT2D eigenvalue weighted by atomic mass is 32.1. The third-order valence-corrected chi connectivity index (χ3v) is 4.87. The van der Waals surface area contributed by atoms with Crippen molar-refractivity contribution in [2.24, 2.45) is 0 Å². The number of amides is 2. The monoisotopic (exact) mass is 380 g/mol. The third kappa shape index (κ3) is 4.95. The summed E-state index contributed by atoms with van der Waals surface area (Å²) in [5, 5.41) is 7.56. The van der Waals surface area contributed by atoms with Gasteiger partial charge in [0.2, 0.25) is 0 Å². The minimum Gasteiger partial charge on any atom is -0.496 e. The van der Waals surface area contributed by atoms with Crippen molar-refractivity contribution in [1.82, 2.24) is 5.32 Å². The number of methoxy groups -OCH3 is 1. The van der Waals surface area contributed by atoms with Crippen LogP contribution in [0, 0.1) is 0 Å². The van der Waals surface area contributed by atoms with Gasteiger partial charge in [-0.05, 0) is 47.7 Å². The van der Waals surface area contributed by atoms with E-state index in [1.807, 2.05) is 35.7 Å². The fourth-order valence-corrected chi connectivity index (χ4v) is 3.28. The van der Waals surface area contributed by atoms with Crippen LogP contribution in [0.25, 0.3) is 0 Å². The van der Waals surface area contributed by atoms with E-state index in [1.165, 1.54) is 11.3 Å². The van der Waals surface area contributed by atoms with E-state index in [2.05, 4.69) is 10.6 Å². The number of anilines is 1. The number of benzene rings is 2. The van der Waals surface area contributed by atoms with Crippen LogP contribution in [0.5, 0.6) is 5.75 Å². The van der Waals surface area contributed by atoms with Crippen LogP contribution in [0.15, 0.2) is 66.0 Å². The highest BCUT2D eigenvalue weighted by Crippen LogP contribution is 2.18. The number of carbonyl (C=O) groups excluding carboxylic acids is 2. The lowest BCUT2D eigenvalue weighted by molar-refractivity contribution is 0.0952. The molecule has 0 aliphatic rings. The van der Waals surface area contributed by atoms with Crippen molar-refractivity contribution in [1.29, 1.82) is 0 Å². The molecule has 2 aromatic carbocycles. The van der Waals surface area contributed by atoms with Crippen LogP contribution in [-0.4, -0.2) is 25.5 Å². The van der Waals surface area contributed by atoms with Crippen molar-refractivity contribution < 1.29 is 14.3 Å². The lowest BCUT2D eigenvalue weighted by Crippen LogP contribution is -2.26. The van der Waals surface area contributed by atoms with Crippen molar-refractivity contribution in [3.05, 3.63) is 82.0 Å². The highest BCUT2D eigenvalue weighted by molar-refractivity contribution is 7.12. The fraction of sp³-hybridized carbons (Fsp3) is 0.143. The first-order chi connectivity index (χ1) is 13.2. The van der Waals surface area contributed by atoms with Gasteiger partial charge in [-0.1, -0.05) is 30.3 Å². The molecule has 0 bridgehead atoms. The molecule has 2 N–H and O–H groups in total. The first-order valence-corrected chi connectivity index (χ1v) is 9.40. The van der Waals surface area contributed by atoms with Crippen LogP contribution in [0.2, 0.25) is 0 Å². The molecule has 5 nitrogen and oxygen atoms in total. The zero-order valence-electron chi connectivity index (χ0n) is 14.9. The molecule has 3 aromatic rings. The summed E-state index contributed by atoms with van der Waals surface area (Å²) in [6.45, 7) is 0.491. The van der Waals surface area contributed by atoms with Gasteiger partial charge >= 0.3 is 0 Å². The molecule has 3 rings (SSSR count).